The summed E-state index contributed by atoms with van der Waals surface area (Å²) in [7, 11) is 1.49. The number of hydrogen-bond donors (Lipinski definition) is 2. The second-order valence-electron chi connectivity index (χ2n) is 7.50. The molecule has 10 heteroatoms. The maximum absolute atomic E-state index is 11.8. The predicted molar refractivity (Wildman–Crippen MR) is 98.8 cm³/mol. The highest BCUT2D eigenvalue weighted by molar-refractivity contribution is 5.90. The Morgan fingerprint density at radius 2 is 1.86 bits per heavy atom. The fraction of sp³-hybridized carbons (Fsp3) is 0.474. The van der Waals surface area contributed by atoms with Crippen LogP contribution in [-0.4, -0.2) is 48.6 Å². The molecule has 2 fully saturated rings. The lowest BCUT2D eigenvalue weighted by Gasteiger charge is -2.45. The standard InChI is InChI=1S/C19H21NO9/c1-7-9(6-5-8-11(21)10(20)16(22)26-12(7)8)25-17-14-13(27-18(23)28-14)15(24-4)19(2,3)29-17/h5-6,13-15,17,21H,20H2,1-4H3/t13-,14+,15+,17+/m0/s1. The summed E-state index contributed by atoms with van der Waals surface area (Å²) >= 11 is 0. The summed E-state index contributed by atoms with van der Waals surface area (Å²) in [4.78, 5) is 23.6. The molecule has 3 N–H and O–H groups in total. The largest absolute Gasteiger partial charge is 0.509 e. The quantitative estimate of drug-likeness (QED) is 0.572. The van der Waals surface area contributed by atoms with Crippen LogP contribution >= 0.6 is 0 Å². The molecule has 0 amide bonds. The van der Waals surface area contributed by atoms with Gasteiger partial charge in [0.15, 0.2) is 17.5 Å². The summed E-state index contributed by atoms with van der Waals surface area (Å²) in [5.41, 5.74) is 4.02. The maximum Gasteiger partial charge on any atom is 0.509 e. The van der Waals surface area contributed by atoms with E-state index in [1.54, 1.807) is 26.8 Å². The molecule has 0 unspecified atom stereocenters. The second-order valence-corrected chi connectivity index (χ2v) is 7.50. The first-order valence-electron chi connectivity index (χ1n) is 8.93. The Balaban J connectivity index is 1.72. The summed E-state index contributed by atoms with van der Waals surface area (Å²) in [6, 6.07) is 3.08. The molecule has 1 aromatic heterocycles. The lowest BCUT2D eigenvalue weighted by Crippen LogP contribution is -2.62. The van der Waals surface area contributed by atoms with Crippen LogP contribution in [0, 0.1) is 6.92 Å². The number of ether oxygens (including phenoxy) is 5. The highest BCUT2D eigenvalue weighted by Gasteiger charge is 2.58. The Kier molecular flexibility index (Phi) is 4.35. The van der Waals surface area contributed by atoms with E-state index in [1.807, 2.05) is 0 Å². The van der Waals surface area contributed by atoms with Crippen molar-refractivity contribution in [3.63, 3.8) is 0 Å². The van der Waals surface area contributed by atoms with E-state index in [4.69, 9.17) is 33.8 Å². The third-order valence-electron chi connectivity index (χ3n) is 5.24. The van der Waals surface area contributed by atoms with Gasteiger partial charge < -0.3 is 38.9 Å². The van der Waals surface area contributed by atoms with Crippen molar-refractivity contribution in [3.8, 4) is 11.5 Å². The van der Waals surface area contributed by atoms with Crippen molar-refractivity contribution in [2.24, 2.45) is 0 Å². The summed E-state index contributed by atoms with van der Waals surface area (Å²) in [5.74, 6) is -0.0507. The third kappa shape index (κ3) is 2.95. The van der Waals surface area contributed by atoms with Crippen molar-refractivity contribution in [2.75, 3.05) is 12.8 Å². The van der Waals surface area contributed by atoms with Crippen molar-refractivity contribution in [1.29, 1.82) is 0 Å². The molecular formula is C19H21NO9. The van der Waals surface area contributed by atoms with Crippen LogP contribution in [0.1, 0.15) is 19.4 Å². The van der Waals surface area contributed by atoms with Gasteiger partial charge in [-0.05, 0) is 32.9 Å². The average molecular weight is 407 g/mol. The van der Waals surface area contributed by atoms with Crippen LogP contribution in [-0.2, 0) is 18.9 Å². The molecule has 2 aliphatic heterocycles. The fourth-order valence-corrected chi connectivity index (χ4v) is 3.80. The molecule has 10 nitrogen and oxygen atoms in total. The zero-order chi connectivity index (χ0) is 21.1. The van der Waals surface area contributed by atoms with Crippen LogP contribution in [0.3, 0.4) is 0 Å². The molecule has 0 aliphatic carbocycles. The Hall–Kier alpha value is -2.98. The molecule has 3 heterocycles. The van der Waals surface area contributed by atoms with E-state index >= 15 is 0 Å². The minimum atomic E-state index is -1.00. The third-order valence-corrected chi connectivity index (χ3v) is 5.24. The van der Waals surface area contributed by atoms with Gasteiger partial charge in [-0.2, -0.15) is 0 Å². The number of benzene rings is 1. The van der Waals surface area contributed by atoms with E-state index in [-0.39, 0.29) is 22.4 Å². The lowest BCUT2D eigenvalue weighted by molar-refractivity contribution is -0.282. The van der Waals surface area contributed by atoms with Crippen molar-refractivity contribution in [1.82, 2.24) is 0 Å². The van der Waals surface area contributed by atoms with Crippen molar-refractivity contribution < 1.29 is 38.0 Å². The fourth-order valence-electron chi connectivity index (χ4n) is 3.80. The number of fused-ring (bicyclic) bond motifs is 2. The summed E-state index contributed by atoms with van der Waals surface area (Å²) in [6.45, 7) is 5.22. The Bertz CT molecular complexity index is 1040. The number of nitrogen functional groups attached to an aromatic ring is 1. The van der Waals surface area contributed by atoms with E-state index in [0.717, 1.165) is 0 Å². The number of methoxy groups -OCH3 is 1. The molecule has 2 aliphatic rings. The molecule has 0 saturated carbocycles. The Morgan fingerprint density at radius 1 is 1.17 bits per heavy atom. The second kappa shape index (κ2) is 6.53. The van der Waals surface area contributed by atoms with Gasteiger partial charge in [0.25, 0.3) is 0 Å². The molecule has 29 heavy (non-hydrogen) atoms. The van der Waals surface area contributed by atoms with E-state index < -0.39 is 42.0 Å². The van der Waals surface area contributed by atoms with E-state index in [9.17, 15) is 14.7 Å². The van der Waals surface area contributed by atoms with Crippen molar-refractivity contribution in [3.05, 3.63) is 28.1 Å². The van der Waals surface area contributed by atoms with Gasteiger partial charge in [-0.1, -0.05) is 0 Å². The minimum absolute atomic E-state index is 0.125. The topological polar surface area (TPSA) is 140 Å². The van der Waals surface area contributed by atoms with Gasteiger partial charge in [-0.3, -0.25) is 0 Å². The SMILES string of the molecule is CO[C@@H]1[C@H]2OC(=O)O[C@H]2[C@H](Oc2ccc3c(O)c(N)c(=O)oc3c2C)OC1(C)C. The number of carbonyl (C=O) groups is 1. The van der Waals surface area contributed by atoms with Crippen LogP contribution in [0.15, 0.2) is 21.3 Å². The van der Waals surface area contributed by atoms with Gasteiger partial charge in [0, 0.05) is 12.7 Å². The average Bonchev–Trinajstić information content (AvgIpc) is 3.03. The molecule has 0 bridgehead atoms. The first-order chi connectivity index (χ1) is 13.6. The van der Waals surface area contributed by atoms with E-state index in [0.29, 0.717) is 11.3 Å². The molecule has 1 aromatic carbocycles. The van der Waals surface area contributed by atoms with E-state index in [1.165, 1.54) is 13.2 Å². The number of aromatic hydroxyl groups is 1. The number of carbonyl (C=O) groups excluding carboxylic acids is 1. The molecular weight excluding hydrogens is 386 g/mol. The highest BCUT2D eigenvalue weighted by Crippen LogP contribution is 2.40. The lowest BCUT2D eigenvalue weighted by atomic mass is 9.89. The number of rotatable bonds is 3. The minimum Gasteiger partial charge on any atom is -0.505 e. The monoisotopic (exact) mass is 407 g/mol. The van der Waals surface area contributed by atoms with Crippen LogP contribution < -0.4 is 16.1 Å². The molecule has 0 spiro atoms. The Morgan fingerprint density at radius 3 is 2.55 bits per heavy atom. The van der Waals surface area contributed by atoms with Gasteiger partial charge in [-0.15, -0.1) is 0 Å². The normalized spacial score (nSPS) is 27.9. The summed E-state index contributed by atoms with van der Waals surface area (Å²) < 4.78 is 33.2. The van der Waals surface area contributed by atoms with Gasteiger partial charge in [0.1, 0.15) is 17.4 Å². The molecule has 156 valence electrons. The zero-order valence-corrected chi connectivity index (χ0v) is 16.3. The number of anilines is 1. The smallest absolute Gasteiger partial charge is 0.505 e. The van der Waals surface area contributed by atoms with Crippen LogP contribution in [0.25, 0.3) is 11.0 Å². The first-order valence-corrected chi connectivity index (χ1v) is 8.93. The first kappa shape index (κ1) is 19.3. The zero-order valence-electron chi connectivity index (χ0n) is 16.3. The number of aryl methyl sites for hydroxylation is 1. The van der Waals surface area contributed by atoms with Gasteiger partial charge in [-0.25, -0.2) is 9.59 Å². The maximum atomic E-state index is 11.8. The number of hydrogen-bond acceptors (Lipinski definition) is 10. The molecule has 0 radical (unpaired) electrons. The summed E-state index contributed by atoms with van der Waals surface area (Å²) in [6.07, 6.45) is -3.97. The van der Waals surface area contributed by atoms with Gasteiger partial charge in [0.2, 0.25) is 12.4 Å². The van der Waals surface area contributed by atoms with Crippen molar-refractivity contribution >= 4 is 22.8 Å². The van der Waals surface area contributed by atoms with Gasteiger partial charge >= 0.3 is 11.8 Å². The van der Waals surface area contributed by atoms with Gasteiger partial charge in [0.05, 0.1) is 11.0 Å². The van der Waals surface area contributed by atoms with Crippen LogP contribution in [0.2, 0.25) is 0 Å². The van der Waals surface area contributed by atoms with Crippen LogP contribution in [0.5, 0.6) is 11.5 Å². The molecule has 2 aromatic rings. The molecule has 4 rings (SSSR count). The Labute approximate surface area is 165 Å². The predicted octanol–water partition coefficient (Wildman–Crippen LogP) is 1.82. The van der Waals surface area contributed by atoms with Crippen LogP contribution in [0.4, 0.5) is 10.5 Å². The molecule has 4 atom stereocenters. The number of nitrogens with two attached hydrogens (primary N) is 1. The van der Waals surface area contributed by atoms with Crippen molar-refractivity contribution in [2.45, 2.75) is 51.0 Å². The summed E-state index contributed by atoms with van der Waals surface area (Å²) in [5, 5.41) is 10.4. The molecule has 2 saturated heterocycles. The van der Waals surface area contributed by atoms with E-state index in [2.05, 4.69) is 0 Å². The highest BCUT2D eigenvalue weighted by atomic mass is 16.8.